The summed E-state index contributed by atoms with van der Waals surface area (Å²) in [5.74, 6) is -0.320. The third-order valence-electron chi connectivity index (χ3n) is 1.53. The minimum absolute atomic E-state index is 0.320. The Hall–Kier alpha value is -0.860. The predicted molar refractivity (Wildman–Crippen MR) is 54.1 cm³/mol. The minimum atomic E-state index is -0.320. The summed E-state index contributed by atoms with van der Waals surface area (Å²) < 4.78 is 12.8. The van der Waals surface area contributed by atoms with E-state index in [4.69, 9.17) is 17.3 Å². The summed E-state index contributed by atoms with van der Waals surface area (Å²) >= 11 is 5.66. The molecular formula is C10H11ClFN. The van der Waals surface area contributed by atoms with Crippen molar-refractivity contribution in [2.24, 2.45) is 5.73 Å². The van der Waals surface area contributed by atoms with E-state index in [0.717, 1.165) is 12.0 Å². The van der Waals surface area contributed by atoms with Crippen LogP contribution in [0, 0.1) is 5.82 Å². The van der Waals surface area contributed by atoms with Gasteiger partial charge in [-0.3, -0.25) is 0 Å². The van der Waals surface area contributed by atoms with Crippen molar-refractivity contribution in [1.29, 1.82) is 0 Å². The third kappa shape index (κ3) is 3.57. The van der Waals surface area contributed by atoms with Crippen molar-refractivity contribution in [3.8, 4) is 0 Å². The molecule has 0 fully saturated rings. The summed E-state index contributed by atoms with van der Waals surface area (Å²) in [6.45, 7) is 0.597. The Labute approximate surface area is 82.0 Å². The quantitative estimate of drug-likeness (QED) is 0.796. The predicted octanol–water partition coefficient (Wildman–Crippen LogP) is 2.84. The first-order valence-electron chi connectivity index (χ1n) is 4.05. The van der Waals surface area contributed by atoms with Crippen molar-refractivity contribution in [2.75, 3.05) is 6.54 Å². The highest BCUT2D eigenvalue weighted by Gasteiger charge is 1.95. The number of rotatable bonds is 3. The van der Waals surface area contributed by atoms with Gasteiger partial charge in [0.2, 0.25) is 0 Å². The van der Waals surface area contributed by atoms with E-state index in [1.165, 1.54) is 12.1 Å². The Kier molecular flexibility index (Phi) is 3.93. The molecule has 2 N–H and O–H groups in total. The van der Waals surface area contributed by atoms with Gasteiger partial charge in [0.25, 0.3) is 0 Å². The highest BCUT2D eigenvalue weighted by molar-refractivity contribution is 6.30. The largest absolute Gasteiger partial charge is 0.330 e. The van der Waals surface area contributed by atoms with Crippen LogP contribution >= 0.6 is 11.6 Å². The Morgan fingerprint density at radius 1 is 1.38 bits per heavy atom. The molecule has 1 aromatic carbocycles. The van der Waals surface area contributed by atoms with Crippen LogP contribution in [0.4, 0.5) is 4.39 Å². The van der Waals surface area contributed by atoms with Gasteiger partial charge < -0.3 is 5.73 Å². The molecule has 0 saturated carbocycles. The first-order chi connectivity index (χ1) is 6.22. The van der Waals surface area contributed by atoms with Gasteiger partial charge in [-0.1, -0.05) is 23.8 Å². The maximum atomic E-state index is 12.8. The number of hydrogen-bond acceptors (Lipinski definition) is 1. The molecule has 0 aromatic heterocycles. The molecule has 3 heteroatoms. The molecule has 0 spiro atoms. The molecule has 1 aromatic rings. The lowest BCUT2D eigenvalue weighted by Gasteiger charge is -1.95. The van der Waals surface area contributed by atoms with Crippen molar-refractivity contribution in [3.05, 3.63) is 40.7 Å². The molecule has 0 aliphatic heterocycles. The van der Waals surface area contributed by atoms with Crippen LogP contribution in [0.1, 0.15) is 12.0 Å². The number of hydrogen-bond donors (Lipinski definition) is 1. The van der Waals surface area contributed by atoms with Gasteiger partial charge in [0, 0.05) is 5.02 Å². The highest BCUT2D eigenvalue weighted by atomic mass is 35.5. The molecule has 0 bridgehead atoms. The minimum Gasteiger partial charge on any atom is -0.330 e. The first-order valence-corrected chi connectivity index (χ1v) is 4.43. The van der Waals surface area contributed by atoms with Gasteiger partial charge in [0.1, 0.15) is 5.82 Å². The maximum absolute atomic E-state index is 12.8. The molecule has 0 atom stereocenters. The zero-order valence-electron chi connectivity index (χ0n) is 7.13. The molecule has 0 unspecified atom stereocenters. The monoisotopic (exact) mass is 199 g/mol. The lowest BCUT2D eigenvalue weighted by atomic mass is 10.2. The van der Waals surface area contributed by atoms with Gasteiger partial charge in [-0.2, -0.15) is 0 Å². The number of benzene rings is 1. The Morgan fingerprint density at radius 3 is 2.77 bits per heavy atom. The molecular weight excluding hydrogens is 189 g/mol. The zero-order chi connectivity index (χ0) is 9.68. The molecule has 0 saturated heterocycles. The second-order valence-electron chi connectivity index (χ2n) is 2.68. The maximum Gasteiger partial charge on any atom is 0.125 e. The van der Waals surface area contributed by atoms with E-state index >= 15 is 0 Å². The van der Waals surface area contributed by atoms with E-state index in [-0.39, 0.29) is 5.82 Å². The van der Waals surface area contributed by atoms with E-state index in [2.05, 4.69) is 0 Å². The molecule has 0 aliphatic carbocycles. The lowest BCUT2D eigenvalue weighted by molar-refractivity contribution is 0.627. The topological polar surface area (TPSA) is 26.0 Å². The fraction of sp³-hybridized carbons (Fsp3) is 0.200. The first kappa shape index (κ1) is 10.2. The average molecular weight is 200 g/mol. The fourth-order valence-corrected chi connectivity index (χ4v) is 1.22. The van der Waals surface area contributed by atoms with Gasteiger partial charge in [-0.15, -0.1) is 0 Å². The summed E-state index contributed by atoms with van der Waals surface area (Å²) in [5.41, 5.74) is 6.06. The van der Waals surface area contributed by atoms with Crippen LogP contribution in [0.3, 0.4) is 0 Å². The zero-order valence-corrected chi connectivity index (χ0v) is 7.89. The van der Waals surface area contributed by atoms with Gasteiger partial charge >= 0.3 is 0 Å². The molecule has 13 heavy (non-hydrogen) atoms. The molecule has 1 rings (SSSR count). The molecule has 1 nitrogen and oxygen atoms in total. The standard InChI is InChI=1S/C10H11ClFN/c11-9-5-8(3-1-2-4-13)6-10(12)7-9/h1,3,5-7H,2,4,13H2/b3-1+. The van der Waals surface area contributed by atoms with Gasteiger partial charge in [-0.25, -0.2) is 4.39 Å². The Morgan fingerprint density at radius 2 is 2.15 bits per heavy atom. The summed E-state index contributed by atoms with van der Waals surface area (Å²) in [6, 6.07) is 4.42. The average Bonchev–Trinajstić information content (AvgIpc) is 2.03. The van der Waals surface area contributed by atoms with E-state index in [0.29, 0.717) is 11.6 Å². The second-order valence-corrected chi connectivity index (χ2v) is 3.12. The number of nitrogens with two attached hydrogens (primary N) is 1. The van der Waals surface area contributed by atoms with Gasteiger partial charge in [0.05, 0.1) is 0 Å². The summed E-state index contributed by atoms with van der Waals surface area (Å²) in [4.78, 5) is 0. The van der Waals surface area contributed by atoms with Crippen LogP contribution in [0.5, 0.6) is 0 Å². The van der Waals surface area contributed by atoms with Crippen molar-refractivity contribution in [1.82, 2.24) is 0 Å². The van der Waals surface area contributed by atoms with E-state index in [9.17, 15) is 4.39 Å². The van der Waals surface area contributed by atoms with Crippen molar-refractivity contribution in [3.63, 3.8) is 0 Å². The van der Waals surface area contributed by atoms with Crippen molar-refractivity contribution >= 4 is 17.7 Å². The Balaban J connectivity index is 2.77. The summed E-state index contributed by atoms with van der Waals surface area (Å²) in [6.07, 6.45) is 4.49. The van der Waals surface area contributed by atoms with Crippen LogP contribution in [-0.4, -0.2) is 6.54 Å². The molecule has 0 amide bonds. The van der Waals surface area contributed by atoms with E-state index < -0.39 is 0 Å². The van der Waals surface area contributed by atoms with Crippen molar-refractivity contribution < 1.29 is 4.39 Å². The van der Waals surface area contributed by atoms with Crippen LogP contribution in [0.15, 0.2) is 24.3 Å². The molecule has 70 valence electrons. The Bertz CT molecular complexity index is 290. The SMILES string of the molecule is NCC/C=C/c1cc(F)cc(Cl)c1. The van der Waals surface area contributed by atoms with Crippen LogP contribution in [-0.2, 0) is 0 Å². The van der Waals surface area contributed by atoms with E-state index in [1.54, 1.807) is 6.07 Å². The summed E-state index contributed by atoms with van der Waals surface area (Å²) in [7, 11) is 0. The van der Waals surface area contributed by atoms with Crippen molar-refractivity contribution in [2.45, 2.75) is 6.42 Å². The van der Waals surface area contributed by atoms with Gasteiger partial charge in [-0.05, 0) is 36.7 Å². The van der Waals surface area contributed by atoms with Gasteiger partial charge in [0.15, 0.2) is 0 Å². The number of halogens is 2. The molecule has 0 aliphatic rings. The normalized spacial score (nSPS) is 11.0. The van der Waals surface area contributed by atoms with Crippen LogP contribution in [0.2, 0.25) is 5.02 Å². The highest BCUT2D eigenvalue weighted by Crippen LogP contribution is 2.15. The summed E-state index contributed by atoms with van der Waals surface area (Å²) in [5, 5.41) is 0.410. The van der Waals surface area contributed by atoms with E-state index in [1.807, 2.05) is 12.2 Å². The second kappa shape index (κ2) is 5.00. The lowest BCUT2D eigenvalue weighted by Crippen LogP contribution is -1.94. The van der Waals surface area contributed by atoms with Crippen LogP contribution in [0.25, 0.3) is 6.08 Å². The molecule has 0 heterocycles. The molecule has 0 radical (unpaired) electrons. The van der Waals surface area contributed by atoms with Crippen LogP contribution < -0.4 is 5.73 Å². The smallest absolute Gasteiger partial charge is 0.125 e. The third-order valence-corrected chi connectivity index (χ3v) is 1.75. The fourth-order valence-electron chi connectivity index (χ4n) is 0.987.